The van der Waals surface area contributed by atoms with Crippen molar-refractivity contribution < 1.29 is 0 Å². The summed E-state index contributed by atoms with van der Waals surface area (Å²) in [6, 6.07) is 12.7. The predicted octanol–water partition coefficient (Wildman–Crippen LogP) is 3.26. The van der Waals surface area contributed by atoms with Crippen LogP contribution < -0.4 is 0 Å². The minimum Gasteiger partial charge on any atom is -0.350 e. The molecule has 0 aliphatic carbocycles. The smallest absolute Gasteiger partial charge is 0.0481 e. The topological polar surface area (TPSA) is 4.93 Å². The second kappa shape index (κ2) is 4.38. The Labute approximate surface area is 88.8 Å². The summed E-state index contributed by atoms with van der Waals surface area (Å²) in [5.41, 5.74) is 1.39. The number of aromatic nitrogens is 1. The molecule has 0 saturated carbocycles. The largest absolute Gasteiger partial charge is 0.350 e. The maximum Gasteiger partial charge on any atom is 0.0481 e. The Morgan fingerprint density at radius 1 is 1.07 bits per heavy atom. The van der Waals surface area contributed by atoms with Crippen LogP contribution in [-0.2, 0) is 6.54 Å². The Hall–Kier alpha value is -1.15. The molecule has 0 amide bonds. The van der Waals surface area contributed by atoms with Gasteiger partial charge in [0.15, 0.2) is 0 Å². The van der Waals surface area contributed by atoms with Gasteiger partial charge in [-0.1, -0.05) is 18.2 Å². The molecule has 0 aliphatic heterocycles. The van der Waals surface area contributed by atoms with E-state index < -0.39 is 0 Å². The van der Waals surface area contributed by atoms with Gasteiger partial charge in [0.25, 0.3) is 0 Å². The molecule has 0 unspecified atom stereocenters. The molecule has 0 fully saturated rings. The fraction of sp³-hybridized carbons (Fsp3) is 0.167. The summed E-state index contributed by atoms with van der Waals surface area (Å²) in [5.74, 6) is 0. The van der Waals surface area contributed by atoms with E-state index in [2.05, 4.69) is 59.6 Å². The predicted molar refractivity (Wildman–Crippen MR) is 61.8 cm³/mol. The molecule has 0 radical (unpaired) electrons. The first-order valence-corrected chi connectivity index (χ1v) is 5.85. The van der Waals surface area contributed by atoms with Gasteiger partial charge in [-0.2, -0.15) is 0 Å². The summed E-state index contributed by atoms with van der Waals surface area (Å²) >= 11 is 1.80. The molecule has 0 saturated heterocycles. The van der Waals surface area contributed by atoms with Crippen LogP contribution in [-0.4, -0.2) is 10.8 Å². The van der Waals surface area contributed by atoms with Gasteiger partial charge in [-0.05, 0) is 30.0 Å². The lowest BCUT2D eigenvalue weighted by Crippen LogP contribution is -1.97. The Kier molecular flexibility index (Phi) is 2.94. The first-order chi connectivity index (χ1) is 6.90. The highest BCUT2D eigenvalue weighted by molar-refractivity contribution is 7.98. The van der Waals surface area contributed by atoms with Crippen molar-refractivity contribution in [3.63, 3.8) is 0 Å². The summed E-state index contributed by atoms with van der Waals surface area (Å²) in [5, 5.41) is 0. The molecule has 0 spiro atoms. The monoisotopic (exact) mass is 203 g/mol. The molecule has 2 aromatic rings. The molecule has 0 aliphatic rings. The number of thioether (sulfide) groups is 1. The minimum absolute atomic E-state index is 0.962. The number of hydrogen-bond acceptors (Lipinski definition) is 1. The second-order valence-electron chi connectivity index (χ2n) is 3.17. The minimum atomic E-state index is 0.962. The van der Waals surface area contributed by atoms with Crippen molar-refractivity contribution in [2.24, 2.45) is 0 Å². The molecule has 1 heterocycles. The fourth-order valence-electron chi connectivity index (χ4n) is 1.51. The summed E-state index contributed by atoms with van der Waals surface area (Å²) in [4.78, 5) is 1.36. The van der Waals surface area contributed by atoms with E-state index in [0.717, 1.165) is 6.54 Å². The van der Waals surface area contributed by atoms with Gasteiger partial charge >= 0.3 is 0 Å². The molecule has 1 nitrogen and oxygen atoms in total. The average molecular weight is 203 g/mol. The summed E-state index contributed by atoms with van der Waals surface area (Å²) < 4.78 is 2.19. The standard InChI is InChI=1S/C12H13NS/c1-14-12-7-3-2-6-11(12)10-13-8-4-5-9-13/h2-9H,10H2,1H3. The summed E-state index contributed by atoms with van der Waals surface area (Å²) in [7, 11) is 0. The van der Waals surface area contributed by atoms with E-state index in [1.807, 2.05) is 0 Å². The van der Waals surface area contributed by atoms with Crippen LogP contribution in [0.5, 0.6) is 0 Å². The van der Waals surface area contributed by atoms with Gasteiger partial charge in [0.2, 0.25) is 0 Å². The molecule has 1 aromatic carbocycles. The van der Waals surface area contributed by atoms with Gasteiger partial charge in [0.1, 0.15) is 0 Å². The van der Waals surface area contributed by atoms with Gasteiger partial charge in [-0.15, -0.1) is 11.8 Å². The molecule has 0 N–H and O–H groups in total. The third-order valence-corrected chi connectivity index (χ3v) is 3.05. The van der Waals surface area contributed by atoms with E-state index >= 15 is 0 Å². The number of rotatable bonds is 3. The maximum atomic E-state index is 2.19. The molecule has 2 rings (SSSR count). The SMILES string of the molecule is CSc1ccccc1Cn1cccc1. The van der Waals surface area contributed by atoms with E-state index in [0.29, 0.717) is 0 Å². The van der Waals surface area contributed by atoms with Crippen molar-refractivity contribution in [1.82, 2.24) is 4.57 Å². The maximum absolute atomic E-state index is 2.19. The van der Waals surface area contributed by atoms with Crippen molar-refractivity contribution in [1.29, 1.82) is 0 Å². The van der Waals surface area contributed by atoms with Crippen LogP contribution in [0.3, 0.4) is 0 Å². The Morgan fingerprint density at radius 2 is 1.79 bits per heavy atom. The zero-order valence-corrected chi connectivity index (χ0v) is 9.00. The normalized spacial score (nSPS) is 10.4. The second-order valence-corrected chi connectivity index (χ2v) is 4.02. The van der Waals surface area contributed by atoms with Crippen LogP contribution in [0, 0.1) is 0 Å². The van der Waals surface area contributed by atoms with Crippen molar-refractivity contribution in [3.05, 3.63) is 54.4 Å². The van der Waals surface area contributed by atoms with Gasteiger partial charge in [-0.3, -0.25) is 0 Å². The van der Waals surface area contributed by atoms with E-state index in [9.17, 15) is 0 Å². The summed E-state index contributed by atoms with van der Waals surface area (Å²) in [6.07, 6.45) is 6.31. The van der Waals surface area contributed by atoms with Crippen LogP contribution in [0.4, 0.5) is 0 Å². The zero-order chi connectivity index (χ0) is 9.80. The lowest BCUT2D eigenvalue weighted by molar-refractivity contribution is 0.792. The highest BCUT2D eigenvalue weighted by Crippen LogP contribution is 2.20. The van der Waals surface area contributed by atoms with Crippen LogP contribution in [0.2, 0.25) is 0 Å². The van der Waals surface area contributed by atoms with E-state index in [-0.39, 0.29) is 0 Å². The zero-order valence-electron chi connectivity index (χ0n) is 8.18. The molecule has 72 valence electrons. The summed E-state index contributed by atoms with van der Waals surface area (Å²) in [6.45, 7) is 0.962. The lowest BCUT2D eigenvalue weighted by atomic mass is 10.2. The van der Waals surface area contributed by atoms with Crippen LogP contribution in [0.1, 0.15) is 5.56 Å². The Bertz CT molecular complexity index is 392. The van der Waals surface area contributed by atoms with Gasteiger partial charge < -0.3 is 4.57 Å². The third kappa shape index (κ3) is 2.02. The molecular formula is C12H13NS. The van der Waals surface area contributed by atoms with E-state index in [1.54, 1.807) is 11.8 Å². The molecule has 0 atom stereocenters. The number of benzene rings is 1. The van der Waals surface area contributed by atoms with Crippen molar-refractivity contribution in [2.45, 2.75) is 11.4 Å². The van der Waals surface area contributed by atoms with Crippen molar-refractivity contribution in [3.8, 4) is 0 Å². The van der Waals surface area contributed by atoms with Gasteiger partial charge in [0.05, 0.1) is 0 Å². The van der Waals surface area contributed by atoms with Crippen molar-refractivity contribution in [2.75, 3.05) is 6.26 Å². The molecule has 2 heteroatoms. The highest BCUT2D eigenvalue weighted by atomic mass is 32.2. The van der Waals surface area contributed by atoms with Crippen LogP contribution in [0.25, 0.3) is 0 Å². The fourth-order valence-corrected chi connectivity index (χ4v) is 2.12. The van der Waals surface area contributed by atoms with Gasteiger partial charge in [-0.25, -0.2) is 0 Å². The first kappa shape index (κ1) is 9.41. The highest BCUT2D eigenvalue weighted by Gasteiger charge is 1.99. The van der Waals surface area contributed by atoms with Crippen LogP contribution >= 0.6 is 11.8 Å². The Morgan fingerprint density at radius 3 is 2.50 bits per heavy atom. The Balaban J connectivity index is 2.24. The third-order valence-electron chi connectivity index (χ3n) is 2.21. The first-order valence-electron chi connectivity index (χ1n) is 4.63. The molecular weight excluding hydrogens is 190 g/mol. The van der Waals surface area contributed by atoms with E-state index in [1.165, 1.54) is 10.5 Å². The molecule has 14 heavy (non-hydrogen) atoms. The van der Waals surface area contributed by atoms with Crippen molar-refractivity contribution >= 4 is 11.8 Å². The van der Waals surface area contributed by atoms with E-state index in [4.69, 9.17) is 0 Å². The van der Waals surface area contributed by atoms with Gasteiger partial charge in [0, 0.05) is 23.8 Å². The molecule has 1 aromatic heterocycles. The lowest BCUT2D eigenvalue weighted by Gasteiger charge is -2.07. The average Bonchev–Trinajstić information content (AvgIpc) is 2.71. The quantitative estimate of drug-likeness (QED) is 0.693. The number of nitrogens with zero attached hydrogens (tertiary/aromatic N) is 1. The van der Waals surface area contributed by atoms with Crippen LogP contribution in [0.15, 0.2) is 53.7 Å². The molecule has 0 bridgehead atoms. The number of hydrogen-bond donors (Lipinski definition) is 0.